The Bertz CT molecular complexity index is 547. The number of carbonyl (C=O) groups is 1. The molecular weight excluding hydrogens is 278 g/mol. The lowest BCUT2D eigenvalue weighted by atomic mass is 10.1. The minimum Gasteiger partial charge on any atom is -0.468 e. The Morgan fingerprint density at radius 3 is 3.00 bits per heavy atom. The van der Waals surface area contributed by atoms with E-state index in [1.54, 1.807) is 0 Å². The fourth-order valence-corrected chi connectivity index (χ4v) is 3.13. The van der Waals surface area contributed by atoms with Gasteiger partial charge in [0.25, 0.3) is 0 Å². The molecule has 2 aliphatic rings. The largest absolute Gasteiger partial charge is 0.468 e. The van der Waals surface area contributed by atoms with Crippen molar-refractivity contribution in [3.8, 4) is 5.75 Å². The SMILES string of the molecule is CCCC1Nc2cccc([C@@H]3C[C@H]3CNC(=O)NCC)c2O1. The summed E-state index contributed by atoms with van der Waals surface area (Å²) in [6.07, 6.45) is 3.33. The van der Waals surface area contributed by atoms with E-state index in [9.17, 15) is 4.79 Å². The van der Waals surface area contributed by atoms with Gasteiger partial charge in [-0.1, -0.05) is 25.5 Å². The number of anilines is 1. The maximum atomic E-state index is 11.5. The van der Waals surface area contributed by atoms with Gasteiger partial charge in [0, 0.05) is 19.5 Å². The molecule has 3 atom stereocenters. The molecule has 0 bridgehead atoms. The van der Waals surface area contributed by atoms with Crippen LogP contribution in [0.5, 0.6) is 5.75 Å². The average molecular weight is 303 g/mol. The quantitative estimate of drug-likeness (QED) is 0.757. The lowest BCUT2D eigenvalue weighted by Gasteiger charge is -2.10. The predicted octanol–water partition coefficient (Wildman–Crippen LogP) is 3.04. The van der Waals surface area contributed by atoms with Crippen LogP contribution in [0.2, 0.25) is 0 Å². The molecular formula is C17H25N3O2. The number of urea groups is 1. The fourth-order valence-electron chi connectivity index (χ4n) is 3.13. The summed E-state index contributed by atoms with van der Waals surface area (Å²) < 4.78 is 6.08. The molecule has 1 aliphatic carbocycles. The third-order valence-electron chi connectivity index (χ3n) is 4.36. The number of ether oxygens (including phenoxy) is 1. The van der Waals surface area contributed by atoms with Crippen LogP contribution in [0.3, 0.4) is 0 Å². The standard InChI is InChI=1S/C17H25N3O2/c1-3-6-15-20-14-8-5-7-12(16(14)22-15)13-9-11(13)10-19-17(21)18-4-2/h5,7-8,11,13,15,20H,3-4,6,9-10H2,1-2H3,(H2,18,19,21)/t11-,13+,15?/m0/s1. The van der Waals surface area contributed by atoms with E-state index in [-0.39, 0.29) is 12.3 Å². The highest BCUT2D eigenvalue weighted by Gasteiger charge is 2.41. The third kappa shape index (κ3) is 3.13. The Morgan fingerprint density at radius 1 is 1.36 bits per heavy atom. The molecule has 1 aromatic carbocycles. The number of carbonyl (C=O) groups excluding carboxylic acids is 1. The van der Waals surface area contributed by atoms with Gasteiger partial charge < -0.3 is 20.7 Å². The molecule has 3 N–H and O–H groups in total. The number of rotatable bonds is 6. The lowest BCUT2D eigenvalue weighted by molar-refractivity contribution is 0.238. The highest BCUT2D eigenvalue weighted by atomic mass is 16.5. The molecule has 1 aliphatic heterocycles. The molecule has 1 saturated carbocycles. The van der Waals surface area contributed by atoms with E-state index in [0.29, 0.717) is 18.4 Å². The molecule has 3 rings (SSSR count). The normalized spacial score (nSPS) is 24.9. The third-order valence-corrected chi connectivity index (χ3v) is 4.36. The van der Waals surface area contributed by atoms with Gasteiger partial charge >= 0.3 is 6.03 Å². The van der Waals surface area contributed by atoms with Crippen molar-refractivity contribution >= 4 is 11.7 Å². The van der Waals surface area contributed by atoms with Gasteiger partial charge in [0.2, 0.25) is 0 Å². The molecule has 5 nitrogen and oxygen atoms in total. The van der Waals surface area contributed by atoms with Gasteiger partial charge in [-0.3, -0.25) is 0 Å². The van der Waals surface area contributed by atoms with E-state index in [2.05, 4.69) is 41.1 Å². The van der Waals surface area contributed by atoms with Crippen molar-refractivity contribution in [2.45, 2.75) is 45.3 Å². The highest BCUT2D eigenvalue weighted by Crippen LogP contribution is 2.52. The van der Waals surface area contributed by atoms with Crippen LogP contribution in [0.15, 0.2) is 18.2 Å². The van der Waals surface area contributed by atoms with Crippen molar-refractivity contribution in [3.63, 3.8) is 0 Å². The number of fused-ring (bicyclic) bond motifs is 1. The predicted molar refractivity (Wildman–Crippen MR) is 87.3 cm³/mol. The van der Waals surface area contributed by atoms with Crippen molar-refractivity contribution in [2.75, 3.05) is 18.4 Å². The molecule has 2 amide bonds. The first kappa shape index (κ1) is 15.0. The van der Waals surface area contributed by atoms with Crippen LogP contribution in [0.4, 0.5) is 10.5 Å². The minimum atomic E-state index is -0.0765. The number of nitrogens with one attached hydrogen (secondary N) is 3. The van der Waals surface area contributed by atoms with Gasteiger partial charge in [-0.05, 0) is 36.8 Å². The summed E-state index contributed by atoms with van der Waals surface area (Å²) in [5.41, 5.74) is 2.39. The molecule has 1 unspecified atom stereocenters. The topological polar surface area (TPSA) is 62.4 Å². The number of para-hydroxylation sites is 1. The van der Waals surface area contributed by atoms with Gasteiger partial charge in [-0.2, -0.15) is 0 Å². The number of hydrogen-bond acceptors (Lipinski definition) is 3. The summed E-state index contributed by atoms with van der Waals surface area (Å²) in [4.78, 5) is 11.5. The van der Waals surface area contributed by atoms with Crippen LogP contribution in [-0.2, 0) is 0 Å². The number of hydrogen-bond donors (Lipinski definition) is 3. The number of benzene rings is 1. The Morgan fingerprint density at radius 2 is 2.23 bits per heavy atom. The zero-order valence-electron chi connectivity index (χ0n) is 13.3. The summed E-state index contributed by atoms with van der Waals surface area (Å²) >= 11 is 0. The molecule has 1 aromatic rings. The second-order valence-electron chi connectivity index (χ2n) is 6.11. The van der Waals surface area contributed by atoms with Crippen LogP contribution < -0.4 is 20.7 Å². The Labute approximate surface area is 131 Å². The van der Waals surface area contributed by atoms with Crippen LogP contribution >= 0.6 is 0 Å². The fraction of sp³-hybridized carbons (Fsp3) is 0.588. The van der Waals surface area contributed by atoms with Crippen LogP contribution in [0.1, 0.15) is 44.6 Å². The first-order chi connectivity index (χ1) is 10.7. The molecule has 22 heavy (non-hydrogen) atoms. The van der Waals surface area contributed by atoms with Crippen molar-refractivity contribution in [3.05, 3.63) is 23.8 Å². The van der Waals surface area contributed by atoms with Crippen LogP contribution in [-0.4, -0.2) is 25.3 Å². The van der Waals surface area contributed by atoms with E-state index in [1.807, 2.05) is 6.92 Å². The molecule has 1 fully saturated rings. The van der Waals surface area contributed by atoms with Crippen molar-refractivity contribution in [1.82, 2.24) is 10.6 Å². The Balaban J connectivity index is 1.59. The maximum absolute atomic E-state index is 11.5. The van der Waals surface area contributed by atoms with E-state index < -0.39 is 0 Å². The van der Waals surface area contributed by atoms with E-state index >= 15 is 0 Å². The number of amides is 2. The Kier molecular flexibility index (Phi) is 4.41. The Hall–Kier alpha value is -1.91. The maximum Gasteiger partial charge on any atom is 0.314 e. The monoisotopic (exact) mass is 303 g/mol. The van der Waals surface area contributed by atoms with Gasteiger partial charge in [-0.25, -0.2) is 4.79 Å². The smallest absolute Gasteiger partial charge is 0.314 e. The molecule has 0 aromatic heterocycles. The van der Waals surface area contributed by atoms with E-state index in [1.165, 1.54) is 5.56 Å². The zero-order valence-corrected chi connectivity index (χ0v) is 13.3. The van der Waals surface area contributed by atoms with Gasteiger partial charge in [0.1, 0.15) is 5.75 Å². The summed E-state index contributed by atoms with van der Waals surface area (Å²) in [5.74, 6) is 2.04. The highest BCUT2D eigenvalue weighted by molar-refractivity contribution is 5.73. The van der Waals surface area contributed by atoms with Gasteiger partial charge in [0.15, 0.2) is 6.23 Å². The molecule has 0 spiro atoms. The first-order valence-electron chi connectivity index (χ1n) is 8.30. The van der Waals surface area contributed by atoms with Crippen LogP contribution in [0, 0.1) is 5.92 Å². The van der Waals surface area contributed by atoms with Crippen molar-refractivity contribution in [2.24, 2.45) is 5.92 Å². The summed E-state index contributed by atoms with van der Waals surface area (Å²) in [6, 6.07) is 6.25. The van der Waals surface area contributed by atoms with Gasteiger partial charge in [0.05, 0.1) is 5.69 Å². The summed E-state index contributed by atoms with van der Waals surface area (Å²) in [7, 11) is 0. The molecule has 120 valence electrons. The molecule has 0 radical (unpaired) electrons. The second-order valence-corrected chi connectivity index (χ2v) is 6.11. The van der Waals surface area contributed by atoms with Crippen molar-refractivity contribution in [1.29, 1.82) is 0 Å². The van der Waals surface area contributed by atoms with E-state index in [0.717, 1.165) is 37.2 Å². The lowest BCUT2D eigenvalue weighted by Crippen LogP contribution is -2.36. The molecule has 0 saturated heterocycles. The first-order valence-corrected chi connectivity index (χ1v) is 8.30. The molecule has 5 heteroatoms. The van der Waals surface area contributed by atoms with E-state index in [4.69, 9.17) is 4.74 Å². The van der Waals surface area contributed by atoms with Crippen LogP contribution in [0.25, 0.3) is 0 Å². The average Bonchev–Trinajstić information content (AvgIpc) is 3.15. The summed E-state index contributed by atoms with van der Waals surface area (Å²) in [5, 5.41) is 9.13. The minimum absolute atomic E-state index is 0.0765. The van der Waals surface area contributed by atoms with Gasteiger partial charge in [-0.15, -0.1) is 0 Å². The van der Waals surface area contributed by atoms with Crippen molar-refractivity contribution < 1.29 is 9.53 Å². The zero-order chi connectivity index (χ0) is 15.5. The second kappa shape index (κ2) is 6.46. The molecule has 1 heterocycles. The summed E-state index contributed by atoms with van der Waals surface area (Å²) in [6.45, 7) is 5.47.